The summed E-state index contributed by atoms with van der Waals surface area (Å²) in [6, 6.07) is 8.00. The van der Waals surface area contributed by atoms with Crippen molar-refractivity contribution in [2.45, 2.75) is 32.2 Å². The molecule has 1 aliphatic carbocycles. The zero-order valence-corrected chi connectivity index (χ0v) is 15.7. The highest BCUT2D eigenvalue weighted by Crippen LogP contribution is 2.38. The van der Waals surface area contributed by atoms with Gasteiger partial charge in [-0.05, 0) is 55.5 Å². The summed E-state index contributed by atoms with van der Waals surface area (Å²) >= 11 is 5.64. The fourth-order valence-corrected chi connectivity index (χ4v) is 4.32. The number of benzene rings is 1. The summed E-state index contributed by atoms with van der Waals surface area (Å²) in [6.45, 7) is 1.37. The van der Waals surface area contributed by atoms with Gasteiger partial charge in [0, 0.05) is 25.1 Å². The number of aromatic nitrogens is 2. The van der Waals surface area contributed by atoms with E-state index in [4.69, 9.17) is 11.8 Å². The number of nitrogens with zero attached hydrogens (tertiary/aromatic N) is 3. The van der Waals surface area contributed by atoms with Gasteiger partial charge in [-0.25, -0.2) is 4.84 Å². The topological polar surface area (TPSA) is 62.2 Å². The smallest absolute Gasteiger partial charge is 0.230 e. The SMILES string of the molecule is Cn1ncc2c1Nc1ccccc1N(C(=O)C1CCC(CNCl)CC1)C2. The molecule has 26 heavy (non-hydrogen) atoms. The molecule has 2 aliphatic rings. The van der Waals surface area contributed by atoms with Crippen molar-refractivity contribution in [1.29, 1.82) is 0 Å². The van der Waals surface area contributed by atoms with Gasteiger partial charge in [0.05, 0.1) is 24.1 Å². The van der Waals surface area contributed by atoms with Crippen LogP contribution >= 0.6 is 11.8 Å². The molecule has 2 N–H and O–H groups in total. The lowest BCUT2D eigenvalue weighted by Crippen LogP contribution is -2.37. The summed E-state index contributed by atoms with van der Waals surface area (Å²) in [4.78, 5) is 18.0. The lowest BCUT2D eigenvalue weighted by molar-refractivity contribution is -0.123. The Kier molecular flexibility index (Phi) is 4.87. The summed E-state index contributed by atoms with van der Waals surface area (Å²) in [5, 5.41) is 7.79. The standard InChI is InChI=1S/C19H24ClN5O/c1-24-18-15(11-22-24)12-25(17-5-3-2-4-16(17)23-18)19(26)14-8-6-13(7-9-14)10-21-20/h2-5,11,13-14,21,23H,6-10,12H2,1H3. The van der Waals surface area contributed by atoms with E-state index in [1.807, 2.05) is 47.1 Å². The zero-order chi connectivity index (χ0) is 18.1. The number of hydrogen-bond donors (Lipinski definition) is 2. The molecule has 0 bridgehead atoms. The van der Waals surface area contributed by atoms with Gasteiger partial charge in [-0.15, -0.1) is 0 Å². The Bertz CT molecular complexity index is 797. The van der Waals surface area contributed by atoms with Crippen molar-refractivity contribution in [3.8, 4) is 0 Å². The second-order valence-electron chi connectivity index (χ2n) is 7.26. The van der Waals surface area contributed by atoms with Gasteiger partial charge >= 0.3 is 0 Å². The Morgan fingerprint density at radius 2 is 2.08 bits per heavy atom. The Morgan fingerprint density at radius 1 is 1.31 bits per heavy atom. The summed E-state index contributed by atoms with van der Waals surface area (Å²) < 4.78 is 1.82. The minimum atomic E-state index is 0.0767. The first kappa shape index (κ1) is 17.4. The van der Waals surface area contributed by atoms with Crippen molar-refractivity contribution < 1.29 is 4.79 Å². The summed E-state index contributed by atoms with van der Waals surface area (Å²) in [5.74, 6) is 1.81. The van der Waals surface area contributed by atoms with Crippen molar-refractivity contribution >= 4 is 34.9 Å². The van der Waals surface area contributed by atoms with E-state index >= 15 is 0 Å². The second-order valence-corrected chi connectivity index (χ2v) is 7.53. The lowest BCUT2D eigenvalue weighted by atomic mass is 9.81. The molecule has 0 saturated heterocycles. The van der Waals surface area contributed by atoms with Gasteiger partial charge in [0.15, 0.2) is 0 Å². The molecule has 0 unspecified atom stereocenters. The summed E-state index contributed by atoms with van der Waals surface area (Å²) in [7, 11) is 1.91. The maximum absolute atomic E-state index is 13.4. The minimum absolute atomic E-state index is 0.0767. The Hall–Kier alpha value is -2.05. The minimum Gasteiger partial charge on any atom is -0.338 e. The molecule has 2 aromatic rings. The number of amides is 1. The van der Waals surface area contributed by atoms with Crippen molar-refractivity contribution in [2.24, 2.45) is 18.9 Å². The number of fused-ring (bicyclic) bond motifs is 2. The van der Waals surface area contributed by atoms with Gasteiger partial charge < -0.3 is 10.2 Å². The molecular formula is C19H24ClN5O. The summed E-state index contributed by atoms with van der Waals surface area (Å²) in [5.41, 5.74) is 2.93. The molecule has 0 radical (unpaired) electrons. The Morgan fingerprint density at radius 3 is 2.85 bits per heavy atom. The average molecular weight is 374 g/mol. The van der Waals surface area contributed by atoms with Crippen LogP contribution in [0.25, 0.3) is 0 Å². The number of hydrogen-bond acceptors (Lipinski definition) is 4. The third kappa shape index (κ3) is 3.19. The number of rotatable bonds is 3. The average Bonchev–Trinajstić information content (AvgIpc) is 2.91. The van der Waals surface area contributed by atoms with Crippen LogP contribution < -0.4 is 15.1 Å². The lowest BCUT2D eigenvalue weighted by Gasteiger charge is -2.32. The number of anilines is 3. The van der Waals surface area contributed by atoms with E-state index in [-0.39, 0.29) is 11.8 Å². The van der Waals surface area contributed by atoms with E-state index < -0.39 is 0 Å². The molecular weight excluding hydrogens is 350 g/mol. The molecule has 1 aromatic carbocycles. The molecule has 1 saturated carbocycles. The largest absolute Gasteiger partial charge is 0.338 e. The fourth-order valence-electron chi connectivity index (χ4n) is 4.10. The molecule has 1 aliphatic heterocycles. The molecule has 4 rings (SSSR count). The van der Waals surface area contributed by atoms with E-state index in [1.165, 1.54) is 0 Å². The van der Waals surface area contributed by atoms with Gasteiger partial charge in [0.25, 0.3) is 0 Å². The first-order valence-electron chi connectivity index (χ1n) is 9.19. The van der Waals surface area contributed by atoms with Crippen molar-refractivity contribution in [2.75, 3.05) is 16.8 Å². The molecule has 1 aromatic heterocycles. The Labute approximate surface area is 158 Å². The number of carbonyl (C=O) groups excluding carboxylic acids is 1. The van der Waals surface area contributed by atoms with E-state index in [0.29, 0.717) is 12.5 Å². The van der Waals surface area contributed by atoms with Crippen molar-refractivity contribution in [1.82, 2.24) is 14.6 Å². The molecule has 138 valence electrons. The number of halogens is 1. The van der Waals surface area contributed by atoms with Crippen molar-refractivity contribution in [3.05, 3.63) is 36.0 Å². The van der Waals surface area contributed by atoms with E-state index in [9.17, 15) is 4.79 Å². The van der Waals surface area contributed by atoms with Crippen LogP contribution in [-0.2, 0) is 18.4 Å². The number of carbonyl (C=O) groups is 1. The molecule has 1 amide bonds. The predicted molar refractivity (Wildman–Crippen MR) is 103 cm³/mol. The maximum atomic E-state index is 13.4. The van der Waals surface area contributed by atoms with Crippen molar-refractivity contribution in [3.63, 3.8) is 0 Å². The number of nitrogens with one attached hydrogen (secondary N) is 2. The zero-order valence-electron chi connectivity index (χ0n) is 14.9. The van der Waals surface area contributed by atoms with E-state index in [2.05, 4.69) is 15.3 Å². The molecule has 6 nitrogen and oxygen atoms in total. The molecule has 7 heteroatoms. The molecule has 2 heterocycles. The highest BCUT2D eigenvalue weighted by atomic mass is 35.5. The predicted octanol–water partition coefficient (Wildman–Crippen LogP) is 3.56. The van der Waals surface area contributed by atoms with Crippen LogP contribution in [0.3, 0.4) is 0 Å². The van der Waals surface area contributed by atoms with E-state index in [1.54, 1.807) is 0 Å². The van der Waals surface area contributed by atoms with Crippen LogP contribution in [0.2, 0.25) is 0 Å². The number of aryl methyl sites for hydroxylation is 1. The van der Waals surface area contributed by atoms with Gasteiger partial charge in [-0.3, -0.25) is 9.48 Å². The van der Waals surface area contributed by atoms with Gasteiger partial charge in [-0.1, -0.05) is 12.1 Å². The van der Waals surface area contributed by atoms with Crippen LogP contribution in [0, 0.1) is 11.8 Å². The fraction of sp³-hybridized carbons (Fsp3) is 0.474. The maximum Gasteiger partial charge on any atom is 0.230 e. The highest BCUT2D eigenvalue weighted by Gasteiger charge is 2.33. The quantitative estimate of drug-likeness (QED) is 0.807. The Balaban J connectivity index is 1.60. The van der Waals surface area contributed by atoms with Crippen LogP contribution in [-0.4, -0.2) is 22.2 Å². The highest BCUT2D eigenvalue weighted by molar-refractivity contribution is 6.13. The monoisotopic (exact) mass is 373 g/mol. The van der Waals surface area contributed by atoms with Gasteiger partial charge in [0.2, 0.25) is 5.91 Å². The van der Waals surface area contributed by atoms with Crippen LogP contribution in [0.1, 0.15) is 31.2 Å². The molecule has 0 spiro atoms. The third-order valence-electron chi connectivity index (χ3n) is 5.62. The first-order chi connectivity index (χ1) is 12.7. The van der Waals surface area contributed by atoms with Crippen LogP contribution in [0.5, 0.6) is 0 Å². The van der Waals surface area contributed by atoms with Crippen LogP contribution in [0.15, 0.2) is 30.5 Å². The molecule has 0 atom stereocenters. The summed E-state index contributed by atoms with van der Waals surface area (Å²) in [6.07, 6.45) is 5.78. The molecule has 1 fully saturated rings. The number of para-hydroxylation sites is 2. The van der Waals surface area contributed by atoms with Crippen LogP contribution in [0.4, 0.5) is 17.2 Å². The third-order valence-corrected chi connectivity index (χ3v) is 5.77. The van der Waals surface area contributed by atoms with Gasteiger partial charge in [-0.2, -0.15) is 5.10 Å². The first-order valence-corrected chi connectivity index (χ1v) is 9.57. The van der Waals surface area contributed by atoms with Gasteiger partial charge in [0.1, 0.15) is 5.82 Å². The second kappa shape index (κ2) is 7.29. The van der Waals surface area contributed by atoms with E-state index in [0.717, 1.165) is 55.0 Å². The normalized spacial score (nSPS) is 22.2.